The first-order valence-electron chi connectivity index (χ1n) is 6.11. The molecule has 1 aliphatic rings. The van der Waals surface area contributed by atoms with Crippen LogP contribution in [0.25, 0.3) is 0 Å². The smallest absolute Gasteiger partial charge is 0.0114 e. The van der Waals surface area contributed by atoms with E-state index in [0.717, 1.165) is 12.3 Å². The van der Waals surface area contributed by atoms with Crippen LogP contribution in [0, 0.1) is 18.3 Å². The van der Waals surface area contributed by atoms with Crippen molar-refractivity contribution in [2.45, 2.75) is 38.6 Å². The summed E-state index contributed by atoms with van der Waals surface area (Å²) in [6.45, 7) is 6.05. The molecule has 0 aromatic heterocycles. The van der Waals surface area contributed by atoms with Crippen LogP contribution in [0.5, 0.6) is 0 Å². The van der Waals surface area contributed by atoms with Crippen molar-refractivity contribution in [3.63, 3.8) is 0 Å². The van der Waals surface area contributed by atoms with E-state index in [-0.39, 0.29) is 0 Å². The Balaban J connectivity index is 2.15. The first-order valence-corrected chi connectivity index (χ1v) is 6.11. The molecular weight excluding hydrogens is 184 g/mol. The average molecular weight is 208 g/mol. The van der Waals surface area contributed by atoms with Crippen molar-refractivity contribution in [1.29, 1.82) is 0 Å². The average Bonchev–Trinajstić information content (AvgIpc) is 2.25. The van der Waals surface area contributed by atoms with Gasteiger partial charge in [0.05, 0.1) is 0 Å². The minimum absolute atomic E-state index is 0.715. The van der Waals surface area contributed by atoms with E-state index in [2.05, 4.69) is 30.1 Å². The zero-order valence-electron chi connectivity index (χ0n) is 10.1. The third-order valence-corrected chi connectivity index (χ3v) is 3.41. The molecular formula is C13H24N2. The number of unbranched alkanes of at least 4 members (excludes halogenated alkanes) is 2. The molecule has 2 atom stereocenters. The molecule has 0 bridgehead atoms. The molecule has 0 spiro atoms. The molecule has 0 saturated carbocycles. The van der Waals surface area contributed by atoms with E-state index >= 15 is 0 Å². The van der Waals surface area contributed by atoms with Crippen molar-refractivity contribution in [2.24, 2.45) is 5.92 Å². The highest BCUT2D eigenvalue weighted by Gasteiger charge is 2.23. The molecule has 2 heteroatoms. The van der Waals surface area contributed by atoms with Gasteiger partial charge in [0.2, 0.25) is 0 Å². The summed E-state index contributed by atoms with van der Waals surface area (Å²) >= 11 is 0. The molecule has 1 aliphatic heterocycles. The Morgan fingerprint density at radius 2 is 2.27 bits per heavy atom. The van der Waals surface area contributed by atoms with Crippen LogP contribution in [0.4, 0.5) is 0 Å². The van der Waals surface area contributed by atoms with Crippen LogP contribution in [0.2, 0.25) is 0 Å². The normalized spacial score (nSPS) is 27.5. The molecule has 2 nitrogen and oxygen atoms in total. The molecule has 1 fully saturated rings. The van der Waals surface area contributed by atoms with E-state index in [9.17, 15) is 0 Å². The Kier molecular flexibility index (Phi) is 5.75. The first kappa shape index (κ1) is 12.5. The number of nitrogens with one attached hydrogen (secondary N) is 1. The second-order valence-electron chi connectivity index (χ2n) is 4.62. The summed E-state index contributed by atoms with van der Waals surface area (Å²) in [5.74, 6) is 3.48. The molecule has 1 saturated heterocycles. The molecule has 0 aromatic carbocycles. The number of hydrogen-bond donors (Lipinski definition) is 1. The fraction of sp³-hybridized carbons (Fsp3) is 0.846. The minimum Gasteiger partial charge on any atom is -0.317 e. The summed E-state index contributed by atoms with van der Waals surface area (Å²) in [5, 5.41) is 3.40. The van der Waals surface area contributed by atoms with Crippen molar-refractivity contribution >= 4 is 0 Å². The number of nitrogens with zero attached hydrogens (tertiary/aromatic N) is 1. The van der Waals surface area contributed by atoms with Gasteiger partial charge in [-0.05, 0) is 45.3 Å². The lowest BCUT2D eigenvalue weighted by atomic mass is 9.94. The van der Waals surface area contributed by atoms with Gasteiger partial charge in [0, 0.05) is 19.0 Å². The van der Waals surface area contributed by atoms with Gasteiger partial charge < -0.3 is 10.2 Å². The zero-order chi connectivity index (χ0) is 11.1. The predicted octanol–water partition coefficient (Wildman–Crippen LogP) is 1.72. The van der Waals surface area contributed by atoms with Crippen LogP contribution in [-0.4, -0.2) is 37.6 Å². The standard InChI is InChI=1S/C13H24N2/c1-4-5-6-7-9-15-10-8-13(14-3)12(2)11-15/h1,12-14H,5-11H2,2-3H3. The first-order chi connectivity index (χ1) is 7.27. The highest BCUT2D eigenvalue weighted by atomic mass is 15.1. The van der Waals surface area contributed by atoms with E-state index in [1.54, 1.807) is 0 Å². The van der Waals surface area contributed by atoms with Gasteiger partial charge in [-0.3, -0.25) is 0 Å². The van der Waals surface area contributed by atoms with Gasteiger partial charge in [0.15, 0.2) is 0 Å². The van der Waals surface area contributed by atoms with E-state index < -0.39 is 0 Å². The second kappa shape index (κ2) is 6.87. The van der Waals surface area contributed by atoms with Crippen molar-refractivity contribution in [3.8, 4) is 12.3 Å². The summed E-state index contributed by atoms with van der Waals surface area (Å²) in [6, 6.07) is 0.715. The molecule has 2 unspecified atom stereocenters. The molecule has 0 aromatic rings. The Labute approximate surface area is 94.4 Å². The lowest BCUT2D eigenvalue weighted by Gasteiger charge is -2.36. The zero-order valence-corrected chi connectivity index (χ0v) is 10.1. The minimum atomic E-state index is 0.715. The topological polar surface area (TPSA) is 15.3 Å². The largest absolute Gasteiger partial charge is 0.317 e. The summed E-state index contributed by atoms with van der Waals surface area (Å²) in [5.41, 5.74) is 0. The van der Waals surface area contributed by atoms with E-state index in [4.69, 9.17) is 6.42 Å². The highest BCUT2D eigenvalue weighted by molar-refractivity contribution is 4.84. The van der Waals surface area contributed by atoms with Crippen LogP contribution in [0.3, 0.4) is 0 Å². The fourth-order valence-electron chi connectivity index (χ4n) is 2.43. The van der Waals surface area contributed by atoms with Gasteiger partial charge in [-0.25, -0.2) is 0 Å². The van der Waals surface area contributed by atoms with Gasteiger partial charge in [0.1, 0.15) is 0 Å². The Morgan fingerprint density at radius 3 is 2.87 bits per heavy atom. The Bertz CT molecular complexity index is 207. The maximum absolute atomic E-state index is 5.23. The highest BCUT2D eigenvalue weighted by Crippen LogP contribution is 2.16. The number of terminal acetylenes is 1. The van der Waals surface area contributed by atoms with Crippen molar-refractivity contribution in [1.82, 2.24) is 10.2 Å². The van der Waals surface area contributed by atoms with Gasteiger partial charge in [-0.15, -0.1) is 12.3 Å². The van der Waals surface area contributed by atoms with Gasteiger partial charge in [-0.2, -0.15) is 0 Å². The van der Waals surface area contributed by atoms with Crippen LogP contribution < -0.4 is 5.32 Å². The molecule has 1 heterocycles. The van der Waals surface area contributed by atoms with Crippen molar-refractivity contribution in [2.75, 3.05) is 26.7 Å². The molecule has 0 amide bonds. The number of piperidine rings is 1. The fourth-order valence-corrected chi connectivity index (χ4v) is 2.43. The van der Waals surface area contributed by atoms with Gasteiger partial charge in [-0.1, -0.05) is 6.92 Å². The summed E-state index contributed by atoms with van der Waals surface area (Å²) in [7, 11) is 2.07. The summed E-state index contributed by atoms with van der Waals surface area (Å²) < 4.78 is 0. The van der Waals surface area contributed by atoms with E-state index in [0.29, 0.717) is 6.04 Å². The lowest BCUT2D eigenvalue weighted by Crippen LogP contribution is -2.47. The van der Waals surface area contributed by atoms with Crippen LogP contribution in [-0.2, 0) is 0 Å². The third-order valence-electron chi connectivity index (χ3n) is 3.41. The summed E-state index contributed by atoms with van der Waals surface area (Å²) in [6.07, 6.45) is 9.88. The van der Waals surface area contributed by atoms with Gasteiger partial charge >= 0.3 is 0 Å². The predicted molar refractivity (Wildman–Crippen MR) is 65.8 cm³/mol. The second-order valence-corrected chi connectivity index (χ2v) is 4.62. The number of rotatable bonds is 5. The van der Waals surface area contributed by atoms with E-state index in [1.165, 1.54) is 38.9 Å². The number of likely N-dealkylation sites (tertiary alicyclic amines) is 1. The monoisotopic (exact) mass is 208 g/mol. The lowest BCUT2D eigenvalue weighted by molar-refractivity contribution is 0.149. The SMILES string of the molecule is C#CCCCCN1CCC(NC)C(C)C1. The van der Waals surface area contributed by atoms with Crippen LogP contribution in [0.15, 0.2) is 0 Å². The molecule has 0 radical (unpaired) electrons. The van der Waals surface area contributed by atoms with E-state index in [1.807, 2.05) is 0 Å². The quantitative estimate of drug-likeness (QED) is 0.547. The van der Waals surface area contributed by atoms with Crippen LogP contribution in [0.1, 0.15) is 32.6 Å². The molecule has 86 valence electrons. The molecule has 1 N–H and O–H groups in total. The Hall–Kier alpha value is -0.520. The molecule has 1 rings (SSSR count). The van der Waals surface area contributed by atoms with Crippen molar-refractivity contribution < 1.29 is 0 Å². The van der Waals surface area contributed by atoms with Gasteiger partial charge in [0.25, 0.3) is 0 Å². The number of hydrogen-bond acceptors (Lipinski definition) is 2. The molecule has 15 heavy (non-hydrogen) atoms. The maximum atomic E-state index is 5.23. The maximum Gasteiger partial charge on any atom is 0.0114 e. The van der Waals surface area contributed by atoms with Crippen molar-refractivity contribution in [3.05, 3.63) is 0 Å². The third kappa shape index (κ3) is 4.24. The molecule has 0 aliphatic carbocycles. The Morgan fingerprint density at radius 1 is 1.47 bits per heavy atom. The van der Waals surface area contributed by atoms with Crippen LogP contribution >= 0.6 is 0 Å². The summed E-state index contributed by atoms with van der Waals surface area (Å²) in [4.78, 5) is 2.58.